The highest BCUT2D eigenvalue weighted by Gasteiger charge is 2.13. The molecule has 3 nitrogen and oxygen atoms in total. The van der Waals surface area contributed by atoms with Crippen LogP contribution in [0.15, 0.2) is 108 Å². The van der Waals surface area contributed by atoms with E-state index in [1.54, 1.807) is 13.0 Å². The molecule has 3 aromatic rings. The molecule has 0 saturated carbocycles. The molecule has 0 aliphatic heterocycles. The summed E-state index contributed by atoms with van der Waals surface area (Å²) in [7, 11) is 0. The molecule has 0 radical (unpaired) electrons. The smallest absolute Gasteiger partial charge is 0.129 e. The molecule has 4 heteroatoms. The van der Waals surface area contributed by atoms with Gasteiger partial charge >= 0.3 is 0 Å². The van der Waals surface area contributed by atoms with Crippen molar-refractivity contribution in [3.05, 3.63) is 125 Å². The molecular formula is C32H36FN3. The third kappa shape index (κ3) is 7.62. The van der Waals surface area contributed by atoms with Crippen molar-refractivity contribution in [3.63, 3.8) is 0 Å². The predicted octanol–water partition coefficient (Wildman–Crippen LogP) is 7.48. The van der Waals surface area contributed by atoms with Crippen molar-refractivity contribution < 1.29 is 4.39 Å². The van der Waals surface area contributed by atoms with Gasteiger partial charge in [0.2, 0.25) is 0 Å². The van der Waals surface area contributed by atoms with Gasteiger partial charge in [0, 0.05) is 18.0 Å². The molecule has 0 aliphatic carbocycles. The van der Waals surface area contributed by atoms with Gasteiger partial charge in [-0.05, 0) is 61.1 Å². The molecule has 3 aromatic carbocycles. The summed E-state index contributed by atoms with van der Waals surface area (Å²) in [5.74, 6) is 0.422. The minimum atomic E-state index is -1.17. The van der Waals surface area contributed by atoms with Crippen molar-refractivity contribution in [2.24, 2.45) is 16.5 Å². The second-order valence-electron chi connectivity index (χ2n) is 9.46. The van der Waals surface area contributed by atoms with Crippen LogP contribution >= 0.6 is 0 Å². The van der Waals surface area contributed by atoms with E-state index < -0.39 is 6.17 Å². The predicted molar refractivity (Wildman–Crippen MR) is 152 cm³/mol. The van der Waals surface area contributed by atoms with E-state index in [2.05, 4.69) is 43.3 Å². The molecule has 3 rings (SSSR count). The van der Waals surface area contributed by atoms with Gasteiger partial charge in [-0.25, -0.2) is 9.38 Å². The lowest BCUT2D eigenvalue weighted by Gasteiger charge is -2.13. The van der Waals surface area contributed by atoms with Gasteiger partial charge in [-0.3, -0.25) is 0 Å². The summed E-state index contributed by atoms with van der Waals surface area (Å²) in [4.78, 5) is 4.47. The lowest BCUT2D eigenvalue weighted by atomic mass is 9.97. The number of halogens is 1. The number of aryl methyl sites for hydroxylation is 1. The third-order valence-electron chi connectivity index (χ3n) is 6.04. The molecule has 0 heterocycles. The Morgan fingerprint density at radius 1 is 0.972 bits per heavy atom. The Hall–Kier alpha value is -3.76. The van der Waals surface area contributed by atoms with Crippen LogP contribution in [0, 0.1) is 6.92 Å². The first kappa shape index (κ1) is 26.8. The molecule has 0 fully saturated rings. The summed E-state index contributed by atoms with van der Waals surface area (Å²) in [6.45, 7) is 13.7. The maximum absolute atomic E-state index is 15.2. The summed E-state index contributed by atoms with van der Waals surface area (Å²) in [5.41, 5.74) is 20.2. The number of amidine groups is 1. The van der Waals surface area contributed by atoms with Gasteiger partial charge in [0.1, 0.15) is 6.17 Å². The highest BCUT2D eigenvalue weighted by Crippen LogP contribution is 2.29. The second-order valence-corrected chi connectivity index (χ2v) is 9.46. The van der Waals surface area contributed by atoms with Gasteiger partial charge < -0.3 is 11.5 Å². The van der Waals surface area contributed by atoms with Gasteiger partial charge in [0.25, 0.3) is 0 Å². The maximum Gasteiger partial charge on any atom is 0.129 e. The number of hydrogen-bond acceptors (Lipinski definition) is 2. The highest BCUT2D eigenvalue weighted by molar-refractivity contribution is 5.85. The average molecular weight is 482 g/mol. The van der Waals surface area contributed by atoms with Gasteiger partial charge in [-0.15, -0.1) is 0 Å². The zero-order valence-electron chi connectivity index (χ0n) is 21.5. The largest absolute Gasteiger partial charge is 0.387 e. The number of hydrogen-bond donors (Lipinski definition) is 2. The Bertz CT molecular complexity index is 1260. The first-order chi connectivity index (χ1) is 17.1. The first-order valence-corrected chi connectivity index (χ1v) is 12.1. The van der Waals surface area contributed by atoms with E-state index in [1.807, 2.05) is 61.5 Å². The molecule has 186 valence electrons. The summed E-state index contributed by atoms with van der Waals surface area (Å²) in [6, 6.07) is 23.8. The molecule has 36 heavy (non-hydrogen) atoms. The van der Waals surface area contributed by atoms with Crippen LogP contribution in [0.4, 0.5) is 4.39 Å². The van der Waals surface area contributed by atoms with Crippen LogP contribution in [0.5, 0.6) is 0 Å². The van der Waals surface area contributed by atoms with Crippen molar-refractivity contribution in [2.45, 2.75) is 45.8 Å². The van der Waals surface area contributed by atoms with Gasteiger partial charge in [-0.2, -0.15) is 0 Å². The van der Waals surface area contributed by atoms with Crippen LogP contribution in [0.25, 0.3) is 16.8 Å². The summed E-state index contributed by atoms with van der Waals surface area (Å²) in [6.07, 6.45) is 1.51. The monoisotopic (exact) mass is 481 g/mol. The van der Waals surface area contributed by atoms with E-state index in [0.717, 1.165) is 27.8 Å². The van der Waals surface area contributed by atoms with Crippen LogP contribution in [-0.2, 0) is 6.42 Å². The molecule has 0 spiro atoms. The van der Waals surface area contributed by atoms with E-state index >= 15 is 4.39 Å². The molecule has 0 aromatic heterocycles. The number of alkyl halides is 1. The Kier molecular flexibility index (Phi) is 9.15. The third-order valence-corrected chi connectivity index (χ3v) is 6.04. The molecule has 0 aliphatic rings. The topological polar surface area (TPSA) is 64.4 Å². The number of allylic oxidation sites excluding steroid dienone is 2. The number of nitrogens with two attached hydrogens (primary N) is 2. The molecule has 0 amide bonds. The zero-order valence-corrected chi connectivity index (χ0v) is 21.5. The minimum Gasteiger partial charge on any atom is -0.387 e. The average Bonchev–Trinajstić information content (AvgIpc) is 2.83. The number of aliphatic imine (C=N–C) groups is 1. The molecule has 2 unspecified atom stereocenters. The van der Waals surface area contributed by atoms with E-state index in [9.17, 15) is 0 Å². The van der Waals surface area contributed by atoms with Crippen LogP contribution in [0.1, 0.15) is 48.7 Å². The van der Waals surface area contributed by atoms with Crippen molar-refractivity contribution >= 4 is 11.5 Å². The van der Waals surface area contributed by atoms with Crippen LogP contribution in [0.2, 0.25) is 0 Å². The zero-order chi connectivity index (χ0) is 26.2. The fourth-order valence-electron chi connectivity index (χ4n) is 3.92. The lowest BCUT2D eigenvalue weighted by molar-refractivity contribution is 0.344. The number of rotatable bonds is 10. The Balaban J connectivity index is 1.73. The van der Waals surface area contributed by atoms with Gasteiger partial charge in [0.05, 0.1) is 11.5 Å². The fraction of sp³-hybridized carbons (Fsp3) is 0.219. The SMILES string of the molecule is C=C(/C=C(\N=C(C)N)c1ccc(CC(N)C(=C)C)cc1)CC(F)c1ccc(-c2cccc(C)c2)cc1. The van der Waals surface area contributed by atoms with E-state index in [-0.39, 0.29) is 12.5 Å². The molecule has 4 N–H and O–H groups in total. The maximum atomic E-state index is 15.2. The van der Waals surface area contributed by atoms with Crippen molar-refractivity contribution in [3.8, 4) is 11.1 Å². The minimum absolute atomic E-state index is 0.0812. The van der Waals surface area contributed by atoms with Crippen LogP contribution in [0.3, 0.4) is 0 Å². The summed E-state index contributed by atoms with van der Waals surface area (Å²) < 4.78 is 15.2. The molecular weight excluding hydrogens is 445 g/mol. The van der Waals surface area contributed by atoms with E-state index in [0.29, 0.717) is 29.1 Å². The second kappa shape index (κ2) is 12.3. The Morgan fingerprint density at radius 3 is 2.22 bits per heavy atom. The Labute approximate surface area is 214 Å². The van der Waals surface area contributed by atoms with E-state index in [1.165, 1.54) is 5.56 Å². The molecule has 2 atom stereocenters. The van der Waals surface area contributed by atoms with Crippen LogP contribution in [-0.4, -0.2) is 11.9 Å². The van der Waals surface area contributed by atoms with E-state index in [4.69, 9.17) is 11.5 Å². The standard InChI is InChI=1S/C32H36FN3/c1-21(2)31(35)20-25-9-11-28(12-10-25)32(36-24(5)34)19-23(4)18-30(33)27-15-13-26(14-16-27)29-8-6-7-22(3)17-29/h6-17,19,30-31H,1,4,18,20,35H2,2-3,5H3,(H2,34,36)/b32-19-. The number of nitrogens with zero attached hydrogens (tertiary/aromatic N) is 1. The molecule has 0 saturated heterocycles. The first-order valence-electron chi connectivity index (χ1n) is 12.1. The van der Waals surface area contributed by atoms with Crippen molar-refractivity contribution in [1.82, 2.24) is 0 Å². The van der Waals surface area contributed by atoms with Gasteiger partial charge in [-0.1, -0.05) is 97.1 Å². The molecule has 0 bridgehead atoms. The van der Waals surface area contributed by atoms with Gasteiger partial charge in [0.15, 0.2) is 0 Å². The highest BCUT2D eigenvalue weighted by atomic mass is 19.1. The summed E-state index contributed by atoms with van der Waals surface area (Å²) >= 11 is 0. The summed E-state index contributed by atoms with van der Waals surface area (Å²) in [5, 5.41) is 0. The number of benzene rings is 3. The van der Waals surface area contributed by atoms with Crippen LogP contribution < -0.4 is 11.5 Å². The normalized spacial score (nSPS) is 13.8. The fourth-order valence-corrected chi connectivity index (χ4v) is 3.92. The lowest BCUT2D eigenvalue weighted by Crippen LogP contribution is -2.23. The Morgan fingerprint density at radius 2 is 1.64 bits per heavy atom. The quantitative estimate of drug-likeness (QED) is 0.136. The van der Waals surface area contributed by atoms with Crippen molar-refractivity contribution in [1.29, 1.82) is 0 Å². The van der Waals surface area contributed by atoms with Crippen molar-refractivity contribution in [2.75, 3.05) is 0 Å².